The van der Waals surface area contributed by atoms with Crippen LogP contribution in [0.15, 0.2) is 121 Å². The van der Waals surface area contributed by atoms with Crippen molar-refractivity contribution in [1.82, 2.24) is 10.2 Å². The van der Waals surface area contributed by atoms with Crippen molar-refractivity contribution >= 4 is 23.6 Å². The summed E-state index contributed by atoms with van der Waals surface area (Å²) in [6, 6.07) is 40.9. The number of carbonyl (C=O) groups excluding carboxylic acids is 2. The molecule has 4 aromatic carbocycles. The highest BCUT2D eigenvalue weighted by Crippen LogP contribution is 2.42. The molecule has 2 aliphatic rings. The van der Waals surface area contributed by atoms with Crippen LogP contribution in [0.4, 0.5) is 0 Å². The van der Waals surface area contributed by atoms with Crippen LogP contribution < -0.4 is 5.32 Å². The molecule has 41 heavy (non-hydrogen) atoms. The molecule has 0 spiro atoms. The summed E-state index contributed by atoms with van der Waals surface area (Å²) >= 11 is 1.76. The minimum atomic E-state index is -0.535. The second-order valence-corrected chi connectivity index (χ2v) is 12.0. The van der Waals surface area contributed by atoms with E-state index in [1.54, 1.807) is 16.7 Å². The highest BCUT2D eigenvalue weighted by Gasteiger charge is 2.54. The van der Waals surface area contributed by atoms with E-state index in [0.29, 0.717) is 13.0 Å². The molecule has 3 unspecified atom stereocenters. The maximum Gasteiger partial charge on any atom is 0.330 e. The first-order chi connectivity index (χ1) is 20.2. The van der Waals surface area contributed by atoms with Crippen molar-refractivity contribution in [3.05, 3.63) is 144 Å². The third kappa shape index (κ3) is 5.54. The molecule has 3 atom stereocenters. The Bertz CT molecular complexity index is 1350. The maximum atomic E-state index is 13.3. The molecule has 2 aliphatic heterocycles. The molecule has 2 heterocycles. The van der Waals surface area contributed by atoms with Crippen LogP contribution in [-0.2, 0) is 26.5 Å². The molecule has 2 fully saturated rings. The number of fused-ring (bicyclic) bond motifs is 1. The molecule has 1 N–H and O–H groups in total. The summed E-state index contributed by atoms with van der Waals surface area (Å²) in [4.78, 5) is 27.5. The van der Waals surface area contributed by atoms with Gasteiger partial charge in [0.05, 0.1) is 5.54 Å². The molecule has 0 radical (unpaired) electrons. The van der Waals surface area contributed by atoms with Crippen LogP contribution in [0.25, 0.3) is 0 Å². The Labute approximate surface area is 245 Å². The molecule has 0 saturated carbocycles. The lowest BCUT2D eigenvalue weighted by Crippen LogP contribution is -2.55. The van der Waals surface area contributed by atoms with Gasteiger partial charge in [0.2, 0.25) is 5.91 Å². The number of hydrogen-bond acceptors (Lipinski definition) is 5. The first-order valence-corrected chi connectivity index (χ1v) is 15.3. The summed E-state index contributed by atoms with van der Waals surface area (Å²) < 4.78 is 5.72. The van der Waals surface area contributed by atoms with E-state index in [9.17, 15) is 9.59 Å². The van der Waals surface area contributed by atoms with Crippen LogP contribution >= 0.6 is 11.8 Å². The van der Waals surface area contributed by atoms with E-state index in [1.165, 1.54) is 16.7 Å². The molecule has 0 bridgehead atoms. The third-order valence-corrected chi connectivity index (χ3v) is 9.48. The van der Waals surface area contributed by atoms with Crippen molar-refractivity contribution < 1.29 is 14.3 Å². The minimum Gasteiger partial charge on any atom is -0.459 e. The van der Waals surface area contributed by atoms with Crippen molar-refractivity contribution in [2.45, 2.75) is 42.3 Å². The first kappa shape index (κ1) is 27.3. The molecule has 0 aromatic heterocycles. The van der Waals surface area contributed by atoms with Crippen LogP contribution in [0.3, 0.4) is 0 Å². The van der Waals surface area contributed by atoms with Gasteiger partial charge in [-0.2, -0.15) is 11.8 Å². The van der Waals surface area contributed by atoms with Crippen molar-refractivity contribution in [2.24, 2.45) is 0 Å². The van der Waals surface area contributed by atoms with Gasteiger partial charge in [0, 0.05) is 30.0 Å². The monoisotopic (exact) mass is 562 g/mol. The number of amides is 1. The molecule has 0 aliphatic carbocycles. The van der Waals surface area contributed by atoms with E-state index in [0.717, 1.165) is 17.7 Å². The van der Waals surface area contributed by atoms with Crippen LogP contribution in [-0.4, -0.2) is 46.4 Å². The molecule has 4 aromatic rings. The lowest BCUT2D eigenvalue weighted by Gasteiger charge is -2.38. The zero-order chi connectivity index (χ0) is 28.1. The van der Waals surface area contributed by atoms with Gasteiger partial charge in [-0.15, -0.1) is 0 Å². The second-order valence-electron chi connectivity index (χ2n) is 10.6. The molecule has 6 rings (SSSR count). The average Bonchev–Trinajstić information content (AvgIpc) is 3.33. The standard InChI is InChI=1S/C35H34N2O3S/c38-32-24-30-23-31(33(37(30)32)34(39)40-25-26-13-5-1-6-14-26)41-22-21-36-35(27-15-7-2-8-16-27,28-17-9-3-10-18-28)29-19-11-4-12-20-29/h1-20,30-31,33,36H,21-25H2. The zero-order valence-corrected chi connectivity index (χ0v) is 23.7. The van der Waals surface area contributed by atoms with E-state index >= 15 is 0 Å². The van der Waals surface area contributed by atoms with Crippen LogP contribution in [0.1, 0.15) is 35.1 Å². The van der Waals surface area contributed by atoms with Crippen molar-refractivity contribution in [1.29, 1.82) is 0 Å². The van der Waals surface area contributed by atoms with Gasteiger partial charge in [-0.3, -0.25) is 10.1 Å². The number of carbonyl (C=O) groups is 2. The fourth-order valence-electron chi connectivity index (χ4n) is 6.21. The Morgan fingerprint density at radius 3 is 1.83 bits per heavy atom. The molecular formula is C35H34N2O3S. The number of benzene rings is 4. The summed E-state index contributed by atoms with van der Waals surface area (Å²) in [5.41, 5.74) is 3.91. The van der Waals surface area contributed by atoms with E-state index in [1.807, 2.05) is 48.5 Å². The summed E-state index contributed by atoms with van der Waals surface area (Å²) in [6.45, 7) is 0.930. The smallest absolute Gasteiger partial charge is 0.330 e. The Kier molecular flexibility index (Phi) is 8.21. The predicted molar refractivity (Wildman–Crippen MR) is 163 cm³/mol. The normalized spacial score (nSPS) is 19.9. The predicted octanol–water partition coefficient (Wildman–Crippen LogP) is 5.79. The fraction of sp³-hybridized carbons (Fsp3) is 0.257. The van der Waals surface area contributed by atoms with Gasteiger partial charge in [-0.1, -0.05) is 121 Å². The highest BCUT2D eigenvalue weighted by molar-refractivity contribution is 8.00. The van der Waals surface area contributed by atoms with Gasteiger partial charge < -0.3 is 9.64 Å². The molecule has 5 nitrogen and oxygen atoms in total. The number of esters is 1. The summed E-state index contributed by atoms with van der Waals surface area (Å²) in [5, 5.41) is 3.94. The molecular weight excluding hydrogens is 528 g/mol. The zero-order valence-electron chi connectivity index (χ0n) is 22.9. The third-order valence-electron chi connectivity index (χ3n) is 8.16. The van der Waals surface area contributed by atoms with E-state index in [2.05, 4.69) is 78.1 Å². The molecule has 6 heteroatoms. The summed E-state index contributed by atoms with van der Waals surface area (Å²) in [5.74, 6) is 0.534. The van der Waals surface area contributed by atoms with Gasteiger partial charge in [-0.05, 0) is 28.7 Å². The Balaban J connectivity index is 1.19. The van der Waals surface area contributed by atoms with Gasteiger partial charge in [0.25, 0.3) is 0 Å². The van der Waals surface area contributed by atoms with Gasteiger partial charge in [-0.25, -0.2) is 4.79 Å². The van der Waals surface area contributed by atoms with Crippen LogP contribution in [0.2, 0.25) is 0 Å². The van der Waals surface area contributed by atoms with Crippen molar-refractivity contribution in [3.63, 3.8) is 0 Å². The lowest BCUT2D eigenvalue weighted by molar-refractivity contribution is -0.161. The molecule has 2 saturated heterocycles. The number of rotatable bonds is 11. The Hall–Kier alpha value is -3.87. The van der Waals surface area contributed by atoms with Crippen molar-refractivity contribution in [3.8, 4) is 0 Å². The number of ether oxygens (including phenoxy) is 1. The minimum absolute atomic E-state index is 0.0103. The fourth-order valence-corrected chi connectivity index (χ4v) is 7.52. The highest BCUT2D eigenvalue weighted by atomic mass is 32.2. The lowest BCUT2D eigenvalue weighted by atomic mass is 9.77. The largest absolute Gasteiger partial charge is 0.459 e. The SMILES string of the molecule is O=C(OCc1ccccc1)C1C(SCCNC(c2ccccc2)(c2ccccc2)c2ccccc2)CC2CC(=O)N21. The first-order valence-electron chi connectivity index (χ1n) is 14.2. The summed E-state index contributed by atoms with van der Waals surface area (Å²) in [6.07, 6.45) is 1.35. The topological polar surface area (TPSA) is 58.6 Å². The quantitative estimate of drug-likeness (QED) is 0.109. The van der Waals surface area contributed by atoms with Gasteiger partial charge in [0.1, 0.15) is 12.6 Å². The van der Waals surface area contributed by atoms with E-state index in [-0.39, 0.29) is 29.8 Å². The second kappa shape index (κ2) is 12.3. The number of hydrogen-bond donors (Lipinski definition) is 1. The van der Waals surface area contributed by atoms with Gasteiger partial charge >= 0.3 is 5.97 Å². The van der Waals surface area contributed by atoms with E-state index in [4.69, 9.17) is 4.74 Å². The number of β-lactam (4-membered cyclic amide) rings is 1. The molecule has 208 valence electrons. The number of thioether (sulfide) groups is 1. The maximum absolute atomic E-state index is 13.3. The van der Waals surface area contributed by atoms with Crippen molar-refractivity contribution in [2.75, 3.05) is 12.3 Å². The van der Waals surface area contributed by atoms with E-state index < -0.39 is 11.6 Å². The molecule has 1 amide bonds. The van der Waals surface area contributed by atoms with Crippen LogP contribution in [0.5, 0.6) is 0 Å². The Morgan fingerprint density at radius 2 is 1.32 bits per heavy atom. The Morgan fingerprint density at radius 1 is 0.805 bits per heavy atom. The van der Waals surface area contributed by atoms with Crippen LogP contribution in [0, 0.1) is 0 Å². The number of nitrogens with one attached hydrogen (secondary N) is 1. The summed E-state index contributed by atoms with van der Waals surface area (Å²) in [7, 11) is 0. The average molecular weight is 563 g/mol. The number of nitrogens with zero attached hydrogens (tertiary/aromatic N) is 1. The van der Waals surface area contributed by atoms with Gasteiger partial charge in [0.15, 0.2) is 0 Å².